The van der Waals surface area contributed by atoms with E-state index in [1.54, 1.807) is 46.2 Å². The summed E-state index contributed by atoms with van der Waals surface area (Å²) in [5, 5.41) is 23.0. The quantitative estimate of drug-likeness (QED) is 0.700. The van der Waals surface area contributed by atoms with Crippen LogP contribution in [0.2, 0.25) is 0 Å². The van der Waals surface area contributed by atoms with Crippen molar-refractivity contribution in [3.05, 3.63) is 42.5 Å². The summed E-state index contributed by atoms with van der Waals surface area (Å²) in [6.45, 7) is 0.464. The summed E-state index contributed by atoms with van der Waals surface area (Å²) < 4.78 is 1.67. The number of hydrogen-bond donors (Lipinski definition) is 0. The number of fused-ring (bicyclic) bond motifs is 1. The van der Waals surface area contributed by atoms with E-state index in [9.17, 15) is 10.1 Å². The fourth-order valence-electron chi connectivity index (χ4n) is 3.95. The maximum atomic E-state index is 13.2. The summed E-state index contributed by atoms with van der Waals surface area (Å²) >= 11 is 0. The lowest BCUT2D eigenvalue weighted by Gasteiger charge is -2.21. The molecule has 1 aliphatic carbocycles. The van der Waals surface area contributed by atoms with Gasteiger partial charge in [-0.25, -0.2) is 14.5 Å². The first kappa shape index (κ1) is 16.4. The summed E-state index contributed by atoms with van der Waals surface area (Å²) in [6, 6.07) is 9.50. The Morgan fingerprint density at radius 3 is 2.75 bits per heavy atom. The predicted octanol–water partition coefficient (Wildman–Crippen LogP) is 2.32. The first-order chi connectivity index (χ1) is 13.7. The lowest BCUT2D eigenvalue weighted by molar-refractivity contribution is -0.123. The standard InChI is InChI=1S/C20H15N7O/c21-9-15-4-1-13(10-23-15)16-11-27-17(5-7-24-27)18(25-16)26-8-6-20(12-22,19(26)28)14-2-3-14/h1,4-5,7,10-11,14H,2-3,6,8H2/t20-/m1/s1. The van der Waals surface area contributed by atoms with Gasteiger partial charge in [-0.15, -0.1) is 0 Å². The van der Waals surface area contributed by atoms with Crippen molar-refractivity contribution in [2.24, 2.45) is 11.3 Å². The molecule has 1 amide bonds. The molecule has 1 atom stereocenters. The molecule has 136 valence electrons. The first-order valence-electron chi connectivity index (χ1n) is 9.10. The number of rotatable bonds is 3. The Hall–Kier alpha value is -3.78. The van der Waals surface area contributed by atoms with E-state index in [1.807, 2.05) is 6.07 Å². The van der Waals surface area contributed by atoms with Gasteiger partial charge < -0.3 is 0 Å². The summed E-state index contributed by atoms with van der Waals surface area (Å²) in [7, 11) is 0. The van der Waals surface area contributed by atoms with Gasteiger partial charge in [-0.1, -0.05) is 0 Å². The van der Waals surface area contributed by atoms with Crippen LogP contribution < -0.4 is 4.90 Å². The topological polar surface area (TPSA) is 111 Å². The van der Waals surface area contributed by atoms with E-state index < -0.39 is 5.41 Å². The Balaban J connectivity index is 1.61. The smallest absolute Gasteiger partial charge is 0.249 e. The van der Waals surface area contributed by atoms with Crippen LogP contribution in [-0.2, 0) is 4.79 Å². The zero-order chi connectivity index (χ0) is 19.3. The van der Waals surface area contributed by atoms with Crippen LogP contribution in [0.25, 0.3) is 16.8 Å². The van der Waals surface area contributed by atoms with Gasteiger partial charge in [-0.3, -0.25) is 9.69 Å². The summed E-state index contributed by atoms with van der Waals surface area (Å²) in [5.74, 6) is 0.493. The van der Waals surface area contributed by atoms with E-state index in [0.29, 0.717) is 35.7 Å². The van der Waals surface area contributed by atoms with Gasteiger partial charge >= 0.3 is 0 Å². The minimum Gasteiger partial charge on any atom is -0.294 e. The second-order valence-electron chi connectivity index (χ2n) is 7.22. The Morgan fingerprint density at radius 2 is 2.07 bits per heavy atom. The molecule has 8 nitrogen and oxygen atoms in total. The number of hydrogen-bond acceptors (Lipinski definition) is 6. The third-order valence-corrected chi connectivity index (χ3v) is 5.63. The van der Waals surface area contributed by atoms with Crippen molar-refractivity contribution in [1.82, 2.24) is 19.6 Å². The molecule has 5 rings (SSSR count). The Kier molecular flexibility index (Phi) is 3.43. The number of nitrogens with zero attached hydrogens (tertiary/aromatic N) is 7. The van der Waals surface area contributed by atoms with Gasteiger partial charge in [0.2, 0.25) is 5.91 Å². The average molecular weight is 369 g/mol. The van der Waals surface area contributed by atoms with Crippen molar-refractivity contribution in [2.75, 3.05) is 11.4 Å². The third kappa shape index (κ3) is 2.28. The highest BCUT2D eigenvalue weighted by Gasteiger charge is 2.57. The summed E-state index contributed by atoms with van der Waals surface area (Å²) in [4.78, 5) is 23.7. The maximum absolute atomic E-state index is 13.2. The maximum Gasteiger partial charge on any atom is 0.249 e. The van der Waals surface area contributed by atoms with E-state index in [2.05, 4.69) is 16.2 Å². The lowest BCUT2D eigenvalue weighted by atomic mass is 9.83. The number of aromatic nitrogens is 4. The molecule has 0 bridgehead atoms. The monoisotopic (exact) mass is 369 g/mol. The molecule has 1 saturated carbocycles. The largest absolute Gasteiger partial charge is 0.294 e. The van der Waals surface area contributed by atoms with Crippen molar-refractivity contribution in [2.45, 2.75) is 19.3 Å². The molecule has 3 aromatic rings. The van der Waals surface area contributed by atoms with Crippen molar-refractivity contribution in [3.8, 4) is 23.4 Å². The summed E-state index contributed by atoms with van der Waals surface area (Å²) in [6.07, 6.45) is 7.38. The zero-order valence-corrected chi connectivity index (χ0v) is 14.9. The Bertz CT molecular complexity index is 1180. The molecule has 0 spiro atoms. The van der Waals surface area contributed by atoms with Crippen LogP contribution in [-0.4, -0.2) is 32.0 Å². The van der Waals surface area contributed by atoms with Crippen LogP contribution in [0, 0.1) is 34.0 Å². The number of pyridine rings is 1. The Labute approximate surface area is 160 Å². The normalized spacial score (nSPS) is 21.6. The van der Waals surface area contributed by atoms with Gasteiger partial charge in [-0.2, -0.15) is 15.6 Å². The molecule has 8 heteroatoms. The molecular formula is C20H15N7O. The number of nitriles is 2. The third-order valence-electron chi connectivity index (χ3n) is 5.63. The van der Waals surface area contributed by atoms with E-state index in [0.717, 1.165) is 18.4 Å². The van der Waals surface area contributed by atoms with Crippen LogP contribution in [0.3, 0.4) is 0 Å². The van der Waals surface area contributed by atoms with Gasteiger partial charge in [0.05, 0.1) is 24.2 Å². The van der Waals surface area contributed by atoms with Crippen LogP contribution in [0.4, 0.5) is 5.82 Å². The highest BCUT2D eigenvalue weighted by molar-refractivity contribution is 6.04. The molecule has 0 unspecified atom stereocenters. The van der Waals surface area contributed by atoms with Gasteiger partial charge in [0, 0.05) is 18.3 Å². The lowest BCUT2D eigenvalue weighted by Crippen LogP contribution is -2.36. The second kappa shape index (κ2) is 5.86. The average Bonchev–Trinajstić information content (AvgIpc) is 3.38. The number of carbonyl (C=O) groups is 1. The minimum atomic E-state index is -0.926. The molecule has 0 N–H and O–H groups in total. The highest BCUT2D eigenvalue weighted by Crippen LogP contribution is 2.52. The van der Waals surface area contributed by atoms with E-state index in [-0.39, 0.29) is 11.8 Å². The second-order valence-corrected chi connectivity index (χ2v) is 7.22. The fourth-order valence-corrected chi connectivity index (χ4v) is 3.95. The molecule has 2 aliphatic rings. The van der Waals surface area contributed by atoms with Crippen LogP contribution in [0.5, 0.6) is 0 Å². The first-order valence-corrected chi connectivity index (χ1v) is 9.10. The number of carbonyl (C=O) groups excluding carboxylic acids is 1. The molecule has 0 aromatic carbocycles. The van der Waals surface area contributed by atoms with E-state index in [4.69, 9.17) is 10.2 Å². The van der Waals surface area contributed by atoms with E-state index in [1.165, 1.54) is 0 Å². The van der Waals surface area contributed by atoms with Crippen molar-refractivity contribution < 1.29 is 4.79 Å². The number of amides is 1. The summed E-state index contributed by atoms with van der Waals surface area (Å²) in [5.41, 5.74) is 1.42. The van der Waals surface area contributed by atoms with Crippen LogP contribution >= 0.6 is 0 Å². The zero-order valence-electron chi connectivity index (χ0n) is 14.9. The van der Waals surface area contributed by atoms with Crippen molar-refractivity contribution in [1.29, 1.82) is 10.5 Å². The van der Waals surface area contributed by atoms with Gasteiger partial charge in [-0.05, 0) is 43.4 Å². The molecule has 28 heavy (non-hydrogen) atoms. The van der Waals surface area contributed by atoms with Crippen molar-refractivity contribution in [3.63, 3.8) is 0 Å². The molecule has 2 fully saturated rings. The molecule has 4 heterocycles. The molecule has 0 radical (unpaired) electrons. The highest BCUT2D eigenvalue weighted by atomic mass is 16.2. The molecular weight excluding hydrogens is 354 g/mol. The van der Waals surface area contributed by atoms with Gasteiger partial charge in [0.15, 0.2) is 5.82 Å². The van der Waals surface area contributed by atoms with Gasteiger partial charge in [0.25, 0.3) is 0 Å². The number of anilines is 1. The molecule has 3 aromatic heterocycles. The van der Waals surface area contributed by atoms with Crippen LogP contribution in [0.15, 0.2) is 36.8 Å². The fraction of sp³-hybridized carbons (Fsp3) is 0.300. The predicted molar refractivity (Wildman–Crippen MR) is 98.7 cm³/mol. The van der Waals surface area contributed by atoms with Crippen molar-refractivity contribution >= 4 is 17.2 Å². The molecule has 1 aliphatic heterocycles. The van der Waals surface area contributed by atoms with Crippen LogP contribution in [0.1, 0.15) is 25.0 Å². The van der Waals surface area contributed by atoms with E-state index >= 15 is 0 Å². The van der Waals surface area contributed by atoms with Gasteiger partial charge in [0.1, 0.15) is 22.7 Å². The Morgan fingerprint density at radius 1 is 1.21 bits per heavy atom. The molecule has 1 saturated heterocycles. The minimum absolute atomic E-state index is 0.154. The SMILES string of the molecule is N#Cc1ccc(-c2cn3nccc3c(N3CC[C@@](C#N)(C4CC4)C3=O)n2)cn1.